The maximum Gasteiger partial charge on any atom is 0.412 e. The van der Waals surface area contributed by atoms with Crippen molar-refractivity contribution < 1.29 is 13.9 Å². The Balaban J connectivity index is 2.08. The molecule has 0 aliphatic rings. The van der Waals surface area contributed by atoms with Crippen LogP contribution in [0.25, 0.3) is 0 Å². The zero-order valence-electron chi connectivity index (χ0n) is 13.6. The first-order chi connectivity index (χ1) is 10.7. The first-order valence-corrected chi connectivity index (χ1v) is 8.27. The normalized spacial score (nSPS) is 12.6. The second-order valence-corrected chi connectivity index (χ2v) is 7.02. The molecule has 1 amide bonds. The van der Waals surface area contributed by atoms with E-state index in [1.807, 2.05) is 23.8 Å². The molecule has 0 aliphatic heterocycles. The standard InChI is InChI=1S/C17H21FN2O2S/c1-11(12-7-8-23-10-12)19-15-9-13(5-6-14(15)18)20-16(21)22-17(2,3)4/h5-11,19H,1-4H3,(H,20,21). The molecule has 1 heterocycles. The Morgan fingerprint density at radius 2 is 2.04 bits per heavy atom. The second kappa shape index (κ2) is 7.00. The number of nitrogens with one attached hydrogen (secondary N) is 2. The number of anilines is 2. The Labute approximate surface area is 139 Å². The van der Waals surface area contributed by atoms with Gasteiger partial charge in [-0.2, -0.15) is 11.3 Å². The van der Waals surface area contributed by atoms with E-state index >= 15 is 0 Å². The number of carbonyl (C=O) groups is 1. The van der Waals surface area contributed by atoms with Crippen molar-refractivity contribution in [1.82, 2.24) is 0 Å². The third-order valence-electron chi connectivity index (χ3n) is 3.03. The van der Waals surface area contributed by atoms with Gasteiger partial charge in [0, 0.05) is 11.7 Å². The Morgan fingerprint density at radius 3 is 2.65 bits per heavy atom. The number of hydrogen-bond donors (Lipinski definition) is 2. The highest BCUT2D eigenvalue weighted by atomic mass is 32.1. The zero-order chi connectivity index (χ0) is 17.0. The van der Waals surface area contributed by atoms with Gasteiger partial charge in [-0.15, -0.1) is 0 Å². The van der Waals surface area contributed by atoms with Gasteiger partial charge in [0.1, 0.15) is 11.4 Å². The smallest absolute Gasteiger partial charge is 0.412 e. The molecule has 0 bridgehead atoms. The van der Waals surface area contributed by atoms with Crippen LogP contribution in [0.3, 0.4) is 0 Å². The average Bonchev–Trinajstić information content (AvgIpc) is 2.94. The van der Waals surface area contributed by atoms with E-state index in [1.54, 1.807) is 38.2 Å². The molecule has 0 fully saturated rings. The molecule has 1 aromatic carbocycles. The van der Waals surface area contributed by atoms with Crippen LogP contribution in [0, 0.1) is 5.82 Å². The molecule has 0 aliphatic carbocycles. The van der Waals surface area contributed by atoms with Gasteiger partial charge < -0.3 is 10.1 Å². The third kappa shape index (κ3) is 5.25. The molecule has 0 radical (unpaired) electrons. The number of ether oxygens (including phenoxy) is 1. The van der Waals surface area contributed by atoms with E-state index in [9.17, 15) is 9.18 Å². The lowest BCUT2D eigenvalue weighted by Crippen LogP contribution is -2.27. The van der Waals surface area contributed by atoms with E-state index in [0.717, 1.165) is 5.56 Å². The number of amides is 1. The van der Waals surface area contributed by atoms with Gasteiger partial charge in [0.15, 0.2) is 0 Å². The molecule has 1 atom stereocenters. The van der Waals surface area contributed by atoms with E-state index in [4.69, 9.17) is 4.74 Å². The van der Waals surface area contributed by atoms with E-state index in [2.05, 4.69) is 10.6 Å². The molecule has 2 aromatic rings. The molecule has 6 heteroatoms. The monoisotopic (exact) mass is 336 g/mol. The summed E-state index contributed by atoms with van der Waals surface area (Å²) in [5.41, 5.74) is 1.30. The molecular formula is C17H21FN2O2S. The summed E-state index contributed by atoms with van der Waals surface area (Å²) in [7, 11) is 0. The lowest BCUT2D eigenvalue weighted by atomic mass is 10.1. The molecule has 2 N–H and O–H groups in total. The zero-order valence-corrected chi connectivity index (χ0v) is 14.5. The van der Waals surface area contributed by atoms with E-state index in [-0.39, 0.29) is 11.9 Å². The van der Waals surface area contributed by atoms with Crippen molar-refractivity contribution in [3.8, 4) is 0 Å². The Hall–Kier alpha value is -2.08. The van der Waals surface area contributed by atoms with Crippen molar-refractivity contribution in [2.45, 2.75) is 39.3 Å². The maximum atomic E-state index is 14.0. The Morgan fingerprint density at radius 1 is 1.30 bits per heavy atom. The van der Waals surface area contributed by atoms with Crippen molar-refractivity contribution >= 4 is 28.8 Å². The largest absolute Gasteiger partial charge is 0.444 e. The molecule has 4 nitrogen and oxygen atoms in total. The molecule has 0 saturated heterocycles. The van der Waals surface area contributed by atoms with Crippen LogP contribution < -0.4 is 10.6 Å². The summed E-state index contributed by atoms with van der Waals surface area (Å²) in [5, 5.41) is 9.71. The third-order valence-corrected chi connectivity index (χ3v) is 3.73. The van der Waals surface area contributed by atoms with Crippen LogP contribution in [-0.2, 0) is 4.74 Å². The fourth-order valence-electron chi connectivity index (χ4n) is 1.97. The fourth-order valence-corrected chi connectivity index (χ4v) is 2.73. The maximum absolute atomic E-state index is 14.0. The van der Waals surface area contributed by atoms with Crippen molar-refractivity contribution in [3.63, 3.8) is 0 Å². The summed E-state index contributed by atoms with van der Waals surface area (Å²) >= 11 is 1.59. The highest BCUT2D eigenvalue weighted by Crippen LogP contribution is 2.26. The second-order valence-electron chi connectivity index (χ2n) is 6.24. The highest BCUT2D eigenvalue weighted by molar-refractivity contribution is 7.08. The first kappa shape index (κ1) is 17.3. The SMILES string of the molecule is CC(Nc1cc(NC(=O)OC(C)(C)C)ccc1F)c1ccsc1. The summed E-state index contributed by atoms with van der Waals surface area (Å²) in [6, 6.07) is 6.33. The van der Waals surface area contributed by atoms with Gasteiger partial charge in [-0.25, -0.2) is 9.18 Å². The minimum atomic E-state index is -0.585. The molecule has 0 spiro atoms. The summed E-state index contributed by atoms with van der Waals surface area (Å²) < 4.78 is 19.2. The van der Waals surface area contributed by atoms with Gasteiger partial charge in [-0.3, -0.25) is 5.32 Å². The molecule has 2 rings (SSSR count). The van der Waals surface area contributed by atoms with Crippen molar-refractivity contribution in [3.05, 3.63) is 46.4 Å². The number of carbonyl (C=O) groups excluding carboxylic acids is 1. The van der Waals surface area contributed by atoms with E-state index in [0.29, 0.717) is 11.4 Å². The van der Waals surface area contributed by atoms with Crippen LogP contribution in [0.2, 0.25) is 0 Å². The van der Waals surface area contributed by atoms with Crippen LogP contribution in [0.1, 0.15) is 39.3 Å². The van der Waals surface area contributed by atoms with Gasteiger partial charge in [0.05, 0.1) is 5.69 Å². The number of benzene rings is 1. The molecule has 1 aromatic heterocycles. The van der Waals surface area contributed by atoms with Gasteiger partial charge in [0.25, 0.3) is 0 Å². The number of hydrogen-bond acceptors (Lipinski definition) is 4. The summed E-state index contributed by atoms with van der Waals surface area (Å²) in [6.45, 7) is 7.31. The van der Waals surface area contributed by atoms with Crippen LogP contribution >= 0.6 is 11.3 Å². The van der Waals surface area contributed by atoms with E-state index < -0.39 is 11.7 Å². The first-order valence-electron chi connectivity index (χ1n) is 7.33. The topological polar surface area (TPSA) is 50.4 Å². The number of thiophene rings is 1. The van der Waals surface area contributed by atoms with Crippen LogP contribution in [0.4, 0.5) is 20.6 Å². The van der Waals surface area contributed by atoms with E-state index in [1.165, 1.54) is 12.1 Å². The Kier molecular flexibility index (Phi) is 5.26. The molecule has 23 heavy (non-hydrogen) atoms. The summed E-state index contributed by atoms with van der Waals surface area (Å²) in [5.74, 6) is -0.373. The van der Waals surface area contributed by atoms with Gasteiger partial charge >= 0.3 is 6.09 Å². The van der Waals surface area contributed by atoms with Gasteiger partial charge in [-0.1, -0.05) is 0 Å². The van der Waals surface area contributed by atoms with Gasteiger partial charge in [-0.05, 0) is 68.3 Å². The minimum Gasteiger partial charge on any atom is -0.444 e. The van der Waals surface area contributed by atoms with Crippen LogP contribution in [0.5, 0.6) is 0 Å². The molecular weight excluding hydrogens is 315 g/mol. The predicted molar refractivity (Wildman–Crippen MR) is 92.6 cm³/mol. The lowest BCUT2D eigenvalue weighted by Gasteiger charge is -2.20. The molecule has 1 unspecified atom stereocenters. The lowest BCUT2D eigenvalue weighted by molar-refractivity contribution is 0.0636. The summed E-state index contributed by atoms with van der Waals surface area (Å²) in [4.78, 5) is 11.8. The predicted octanol–water partition coefficient (Wildman–Crippen LogP) is 5.41. The fraction of sp³-hybridized carbons (Fsp3) is 0.353. The van der Waals surface area contributed by atoms with Crippen LogP contribution in [-0.4, -0.2) is 11.7 Å². The molecule has 0 saturated carbocycles. The molecule has 124 valence electrons. The quantitative estimate of drug-likeness (QED) is 0.785. The highest BCUT2D eigenvalue weighted by Gasteiger charge is 2.17. The average molecular weight is 336 g/mol. The summed E-state index contributed by atoms with van der Waals surface area (Å²) in [6.07, 6.45) is -0.569. The van der Waals surface area contributed by atoms with Crippen molar-refractivity contribution in [1.29, 1.82) is 0 Å². The Bertz CT molecular complexity index is 666. The minimum absolute atomic E-state index is 0.0347. The number of rotatable bonds is 4. The number of halogens is 1. The van der Waals surface area contributed by atoms with Crippen LogP contribution in [0.15, 0.2) is 35.0 Å². The van der Waals surface area contributed by atoms with Crippen molar-refractivity contribution in [2.24, 2.45) is 0 Å². The van der Waals surface area contributed by atoms with Gasteiger partial charge in [0.2, 0.25) is 0 Å². The van der Waals surface area contributed by atoms with Crippen molar-refractivity contribution in [2.75, 3.05) is 10.6 Å².